The van der Waals surface area contributed by atoms with E-state index in [2.05, 4.69) is 31.0 Å². The molecule has 4 rings (SSSR count). The van der Waals surface area contributed by atoms with Crippen molar-refractivity contribution >= 4 is 42.7 Å². The van der Waals surface area contributed by atoms with Crippen molar-refractivity contribution in [2.24, 2.45) is 0 Å². The van der Waals surface area contributed by atoms with Gasteiger partial charge in [-0.25, -0.2) is 23.1 Å². The molecule has 2 N–H and O–H groups in total. The number of benzene rings is 3. The first-order valence-corrected chi connectivity index (χ1v) is 12.0. The predicted molar refractivity (Wildman–Crippen MR) is 128 cm³/mol. The van der Waals surface area contributed by atoms with Gasteiger partial charge in [-0.1, -0.05) is 57.9 Å². The number of aromatic nitrogens is 2. The Morgan fingerprint density at radius 2 is 1.68 bits per heavy atom. The molecule has 1 heterocycles. The minimum Gasteiger partial charge on any atom is -0.368 e. The molecule has 6 nitrogen and oxygen atoms in total. The quantitative estimate of drug-likeness (QED) is 0.360. The lowest BCUT2D eigenvalue weighted by Crippen LogP contribution is -2.29. The van der Waals surface area contributed by atoms with Crippen LogP contribution in [0.4, 0.5) is 5.82 Å². The first-order chi connectivity index (χ1) is 14.9. The van der Waals surface area contributed by atoms with Crippen molar-refractivity contribution < 1.29 is 8.42 Å². The van der Waals surface area contributed by atoms with E-state index in [1.165, 1.54) is 0 Å². The van der Waals surface area contributed by atoms with Crippen molar-refractivity contribution in [2.75, 3.05) is 18.4 Å². The summed E-state index contributed by atoms with van der Waals surface area (Å²) < 4.78 is 28.5. The molecule has 0 bridgehead atoms. The van der Waals surface area contributed by atoms with Gasteiger partial charge in [-0.15, -0.1) is 0 Å². The Labute approximate surface area is 189 Å². The van der Waals surface area contributed by atoms with E-state index in [4.69, 9.17) is 4.98 Å². The van der Waals surface area contributed by atoms with Crippen LogP contribution in [0.5, 0.6) is 0 Å². The van der Waals surface area contributed by atoms with Crippen LogP contribution in [0.2, 0.25) is 0 Å². The molecule has 0 fully saturated rings. The molecular formula is C23H21BrN4O2S. The van der Waals surface area contributed by atoms with Crippen LogP contribution in [0, 0.1) is 6.92 Å². The SMILES string of the molecule is Cc1ccc(S(=O)(=O)NCCNc2nc(-c3cccc(Br)c3)nc3ccccc23)cc1. The maximum absolute atomic E-state index is 12.5. The molecule has 0 spiro atoms. The summed E-state index contributed by atoms with van der Waals surface area (Å²) in [6, 6.07) is 22.3. The van der Waals surface area contributed by atoms with Gasteiger partial charge in [-0.05, 0) is 43.3 Å². The van der Waals surface area contributed by atoms with Gasteiger partial charge in [0.1, 0.15) is 5.82 Å². The van der Waals surface area contributed by atoms with Gasteiger partial charge in [0.2, 0.25) is 10.0 Å². The van der Waals surface area contributed by atoms with Crippen LogP contribution in [0.3, 0.4) is 0 Å². The van der Waals surface area contributed by atoms with E-state index in [9.17, 15) is 8.42 Å². The van der Waals surface area contributed by atoms with Crippen LogP contribution in [0.1, 0.15) is 5.56 Å². The Kier molecular flexibility index (Phi) is 6.31. The molecule has 1 aromatic heterocycles. The molecule has 3 aromatic carbocycles. The third-order valence-corrected chi connectivity index (χ3v) is 6.70. The summed E-state index contributed by atoms with van der Waals surface area (Å²) in [4.78, 5) is 9.62. The Morgan fingerprint density at radius 1 is 0.903 bits per heavy atom. The Balaban J connectivity index is 1.52. The fraction of sp³-hybridized carbons (Fsp3) is 0.130. The fourth-order valence-corrected chi connectivity index (χ4v) is 4.57. The number of para-hydroxylation sites is 1. The minimum atomic E-state index is -3.56. The Hall–Kier alpha value is -2.81. The average molecular weight is 497 g/mol. The van der Waals surface area contributed by atoms with Gasteiger partial charge in [0.15, 0.2) is 5.82 Å². The van der Waals surface area contributed by atoms with Crippen molar-refractivity contribution in [2.45, 2.75) is 11.8 Å². The molecule has 0 amide bonds. The zero-order chi connectivity index (χ0) is 21.8. The first-order valence-electron chi connectivity index (χ1n) is 9.75. The minimum absolute atomic E-state index is 0.223. The number of aryl methyl sites for hydroxylation is 1. The molecule has 0 saturated carbocycles. The third-order valence-electron chi connectivity index (χ3n) is 4.73. The van der Waals surface area contributed by atoms with Gasteiger partial charge >= 0.3 is 0 Å². The fourth-order valence-electron chi connectivity index (χ4n) is 3.14. The summed E-state index contributed by atoms with van der Waals surface area (Å²) >= 11 is 3.48. The van der Waals surface area contributed by atoms with Crippen LogP contribution >= 0.6 is 15.9 Å². The molecule has 0 aliphatic rings. The predicted octanol–water partition coefficient (Wildman–Crippen LogP) is 4.76. The normalized spacial score (nSPS) is 11.5. The summed E-state index contributed by atoms with van der Waals surface area (Å²) in [6.07, 6.45) is 0. The maximum atomic E-state index is 12.5. The number of hydrogen-bond acceptors (Lipinski definition) is 5. The molecule has 0 aliphatic carbocycles. The topological polar surface area (TPSA) is 84.0 Å². The number of anilines is 1. The summed E-state index contributed by atoms with van der Waals surface area (Å²) in [5.41, 5.74) is 2.72. The summed E-state index contributed by atoms with van der Waals surface area (Å²) in [7, 11) is -3.56. The van der Waals surface area contributed by atoms with Crippen LogP contribution in [0.25, 0.3) is 22.3 Å². The summed E-state index contributed by atoms with van der Waals surface area (Å²) in [6.45, 7) is 2.52. The average Bonchev–Trinajstić information content (AvgIpc) is 2.77. The van der Waals surface area contributed by atoms with Crippen molar-refractivity contribution in [3.8, 4) is 11.4 Å². The Morgan fingerprint density at radius 3 is 2.45 bits per heavy atom. The number of nitrogens with one attached hydrogen (secondary N) is 2. The highest BCUT2D eigenvalue weighted by molar-refractivity contribution is 9.10. The van der Waals surface area contributed by atoms with Crippen molar-refractivity contribution in [3.63, 3.8) is 0 Å². The van der Waals surface area contributed by atoms with Crippen LogP contribution in [0.15, 0.2) is 82.2 Å². The van der Waals surface area contributed by atoms with Crippen LogP contribution in [-0.2, 0) is 10.0 Å². The van der Waals surface area contributed by atoms with E-state index >= 15 is 0 Å². The molecule has 0 radical (unpaired) electrons. The summed E-state index contributed by atoms with van der Waals surface area (Å²) in [5, 5.41) is 4.13. The highest BCUT2D eigenvalue weighted by Crippen LogP contribution is 2.26. The maximum Gasteiger partial charge on any atom is 0.240 e. The van der Waals surface area contributed by atoms with Gasteiger partial charge in [0.05, 0.1) is 10.4 Å². The number of rotatable bonds is 7. The first kappa shape index (κ1) is 21.4. The molecule has 4 aromatic rings. The number of nitrogens with zero attached hydrogens (tertiary/aromatic N) is 2. The van der Waals surface area contributed by atoms with E-state index in [-0.39, 0.29) is 11.4 Å². The van der Waals surface area contributed by atoms with Crippen molar-refractivity contribution in [1.82, 2.24) is 14.7 Å². The standard InChI is InChI=1S/C23H21BrN4O2S/c1-16-9-11-19(12-10-16)31(29,30)26-14-13-25-23-20-7-2-3-8-21(20)27-22(28-23)17-5-4-6-18(24)15-17/h2-12,15,26H,13-14H2,1H3,(H,25,27,28). The molecule has 0 saturated heterocycles. The van der Waals surface area contributed by atoms with E-state index < -0.39 is 10.0 Å². The molecule has 0 atom stereocenters. The molecule has 0 aliphatic heterocycles. The number of sulfonamides is 1. The molecule has 31 heavy (non-hydrogen) atoms. The largest absolute Gasteiger partial charge is 0.368 e. The molecule has 158 valence electrons. The zero-order valence-electron chi connectivity index (χ0n) is 16.8. The smallest absolute Gasteiger partial charge is 0.240 e. The zero-order valence-corrected chi connectivity index (χ0v) is 19.2. The number of hydrogen-bond donors (Lipinski definition) is 2. The van der Waals surface area contributed by atoms with Crippen molar-refractivity contribution in [3.05, 3.63) is 82.8 Å². The third kappa shape index (κ3) is 5.10. The van der Waals surface area contributed by atoms with Gasteiger partial charge in [-0.2, -0.15) is 0 Å². The number of halogens is 1. The van der Waals surface area contributed by atoms with E-state index in [1.807, 2.05) is 55.5 Å². The second kappa shape index (κ2) is 9.13. The van der Waals surface area contributed by atoms with E-state index in [0.29, 0.717) is 18.2 Å². The van der Waals surface area contributed by atoms with Crippen molar-refractivity contribution in [1.29, 1.82) is 0 Å². The van der Waals surface area contributed by atoms with Gasteiger partial charge < -0.3 is 5.32 Å². The second-order valence-electron chi connectivity index (χ2n) is 7.06. The van der Waals surface area contributed by atoms with Gasteiger partial charge in [-0.3, -0.25) is 0 Å². The lowest BCUT2D eigenvalue weighted by Gasteiger charge is -2.12. The second-order valence-corrected chi connectivity index (χ2v) is 9.74. The summed E-state index contributed by atoms with van der Waals surface area (Å²) in [5.74, 6) is 1.26. The molecular weight excluding hydrogens is 476 g/mol. The van der Waals surface area contributed by atoms with E-state index in [0.717, 1.165) is 26.5 Å². The highest BCUT2D eigenvalue weighted by Gasteiger charge is 2.13. The molecule has 8 heteroatoms. The van der Waals surface area contributed by atoms with E-state index in [1.54, 1.807) is 24.3 Å². The van der Waals surface area contributed by atoms with Gasteiger partial charge in [0, 0.05) is 28.5 Å². The van der Waals surface area contributed by atoms with Crippen LogP contribution < -0.4 is 10.0 Å². The Bertz CT molecular complexity index is 1330. The molecule has 0 unspecified atom stereocenters. The van der Waals surface area contributed by atoms with Crippen LogP contribution in [-0.4, -0.2) is 31.5 Å². The van der Waals surface area contributed by atoms with Gasteiger partial charge in [0.25, 0.3) is 0 Å². The number of fused-ring (bicyclic) bond motifs is 1. The lowest BCUT2D eigenvalue weighted by molar-refractivity contribution is 0.583. The lowest BCUT2D eigenvalue weighted by atomic mass is 10.2. The highest BCUT2D eigenvalue weighted by atomic mass is 79.9. The monoisotopic (exact) mass is 496 g/mol.